The van der Waals surface area contributed by atoms with Crippen LogP contribution in [0.2, 0.25) is 0 Å². The molecular weight excluding hydrogens is 260 g/mol. The lowest BCUT2D eigenvalue weighted by molar-refractivity contribution is -0.152. The molecule has 0 radical (unpaired) electrons. The van der Waals surface area contributed by atoms with Gasteiger partial charge in [-0.3, -0.25) is 14.4 Å². The number of carboxylic acids is 1. The van der Waals surface area contributed by atoms with Crippen molar-refractivity contribution in [2.45, 2.75) is 12.5 Å². The quantitative estimate of drug-likeness (QED) is 0.767. The SMILES string of the molecule is O=CN1CCN(CC(=O)O)C(=O)C1Cc1ccccc1. The second-order valence-corrected chi connectivity index (χ2v) is 4.70. The summed E-state index contributed by atoms with van der Waals surface area (Å²) in [5.74, 6) is -1.36. The van der Waals surface area contributed by atoms with Gasteiger partial charge in [-0.1, -0.05) is 30.3 Å². The predicted octanol–water partition coefficient (Wildman–Crippen LogP) is -0.0171. The first kappa shape index (κ1) is 14.0. The van der Waals surface area contributed by atoms with Gasteiger partial charge in [0.25, 0.3) is 0 Å². The highest BCUT2D eigenvalue weighted by Gasteiger charge is 2.34. The fourth-order valence-electron chi connectivity index (χ4n) is 2.34. The molecule has 20 heavy (non-hydrogen) atoms. The molecule has 0 aliphatic carbocycles. The first-order valence-electron chi connectivity index (χ1n) is 6.37. The maximum absolute atomic E-state index is 12.3. The topological polar surface area (TPSA) is 77.9 Å². The van der Waals surface area contributed by atoms with E-state index in [-0.39, 0.29) is 19.0 Å². The highest BCUT2D eigenvalue weighted by Crippen LogP contribution is 2.15. The molecule has 1 saturated heterocycles. The Kier molecular flexibility index (Phi) is 4.34. The molecule has 1 N–H and O–H groups in total. The summed E-state index contributed by atoms with van der Waals surface area (Å²) in [7, 11) is 0. The van der Waals surface area contributed by atoms with Crippen LogP contribution in [0.15, 0.2) is 30.3 Å². The van der Waals surface area contributed by atoms with Crippen molar-refractivity contribution in [2.75, 3.05) is 19.6 Å². The minimum atomic E-state index is -1.05. The fourth-order valence-corrected chi connectivity index (χ4v) is 2.34. The molecule has 6 heteroatoms. The van der Waals surface area contributed by atoms with Crippen molar-refractivity contribution >= 4 is 18.3 Å². The first-order chi connectivity index (χ1) is 9.61. The van der Waals surface area contributed by atoms with Crippen LogP contribution < -0.4 is 0 Å². The maximum atomic E-state index is 12.3. The summed E-state index contributed by atoms with van der Waals surface area (Å²) in [6.07, 6.45) is 1.05. The Morgan fingerprint density at radius 3 is 2.60 bits per heavy atom. The fraction of sp³-hybridized carbons (Fsp3) is 0.357. The van der Waals surface area contributed by atoms with E-state index in [2.05, 4.69) is 0 Å². The van der Waals surface area contributed by atoms with E-state index in [1.165, 1.54) is 9.80 Å². The molecule has 6 nitrogen and oxygen atoms in total. The number of amides is 2. The molecule has 0 aromatic heterocycles. The van der Waals surface area contributed by atoms with Gasteiger partial charge in [-0.15, -0.1) is 0 Å². The van der Waals surface area contributed by atoms with E-state index in [9.17, 15) is 14.4 Å². The number of hydrogen-bond acceptors (Lipinski definition) is 3. The van der Waals surface area contributed by atoms with Crippen molar-refractivity contribution in [3.8, 4) is 0 Å². The third kappa shape index (κ3) is 3.14. The molecule has 1 aromatic carbocycles. The number of piperazine rings is 1. The van der Waals surface area contributed by atoms with E-state index in [0.29, 0.717) is 19.4 Å². The van der Waals surface area contributed by atoms with Crippen LogP contribution in [-0.4, -0.2) is 58.9 Å². The summed E-state index contributed by atoms with van der Waals surface area (Å²) >= 11 is 0. The summed E-state index contributed by atoms with van der Waals surface area (Å²) in [6, 6.07) is 8.74. The van der Waals surface area contributed by atoms with Gasteiger partial charge in [0.15, 0.2) is 0 Å². The van der Waals surface area contributed by atoms with E-state index in [4.69, 9.17) is 5.11 Å². The van der Waals surface area contributed by atoms with Crippen molar-refractivity contribution in [1.82, 2.24) is 9.80 Å². The van der Waals surface area contributed by atoms with Crippen LogP contribution in [0.4, 0.5) is 0 Å². The number of carbonyl (C=O) groups is 3. The van der Waals surface area contributed by atoms with Crippen molar-refractivity contribution in [2.24, 2.45) is 0 Å². The minimum absolute atomic E-state index is 0.259. The number of carbonyl (C=O) groups excluding carboxylic acids is 2. The molecule has 2 amide bonds. The lowest BCUT2D eigenvalue weighted by Gasteiger charge is -2.38. The molecule has 1 atom stereocenters. The molecule has 1 aromatic rings. The Labute approximate surface area is 116 Å². The van der Waals surface area contributed by atoms with Crippen molar-refractivity contribution in [3.05, 3.63) is 35.9 Å². The Hall–Kier alpha value is -2.37. The lowest BCUT2D eigenvalue weighted by atomic mass is 10.0. The number of nitrogens with zero attached hydrogens (tertiary/aromatic N) is 2. The summed E-state index contributed by atoms with van der Waals surface area (Å²) in [5, 5.41) is 8.81. The average Bonchev–Trinajstić information content (AvgIpc) is 2.44. The summed E-state index contributed by atoms with van der Waals surface area (Å²) in [6.45, 7) is 0.298. The predicted molar refractivity (Wildman–Crippen MR) is 70.9 cm³/mol. The molecule has 0 spiro atoms. The number of hydrogen-bond donors (Lipinski definition) is 1. The third-order valence-electron chi connectivity index (χ3n) is 3.36. The molecule has 0 bridgehead atoms. The summed E-state index contributed by atoms with van der Waals surface area (Å²) < 4.78 is 0. The van der Waals surface area contributed by atoms with Gasteiger partial charge in [-0.25, -0.2) is 0 Å². The van der Waals surface area contributed by atoms with Gasteiger partial charge in [-0.05, 0) is 5.56 Å². The number of benzene rings is 1. The van der Waals surface area contributed by atoms with Gasteiger partial charge in [0.1, 0.15) is 12.6 Å². The summed E-state index contributed by atoms with van der Waals surface area (Å²) in [4.78, 5) is 36.8. The van der Waals surface area contributed by atoms with Crippen LogP contribution in [0, 0.1) is 0 Å². The highest BCUT2D eigenvalue weighted by atomic mass is 16.4. The van der Waals surface area contributed by atoms with Crippen LogP contribution in [0.5, 0.6) is 0 Å². The van der Waals surface area contributed by atoms with Crippen LogP contribution in [-0.2, 0) is 20.8 Å². The van der Waals surface area contributed by atoms with E-state index >= 15 is 0 Å². The minimum Gasteiger partial charge on any atom is -0.480 e. The first-order valence-corrected chi connectivity index (χ1v) is 6.37. The molecule has 106 valence electrons. The van der Waals surface area contributed by atoms with Gasteiger partial charge in [0, 0.05) is 19.5 Å². The second-order valence-electron chi connectivity index (χ2n) is 4.70. The molecule has 1 aliphatic rings. The van der Waals surface area contributed by atoms with E-state index in [0.717, 1.165) is 5.56 Å². The van der Waals surface area contributed by atoms with Gasteiger partial charge in [0.05, 0.1) is 0 Å². The van der Waals surface area contributed by atoms with E-state index in [1.54, 1.807) is 0 Å². The molecule has 1 aliphatic heterocycles. The highest BCUT2D eigenvalue weighted by molar-refractivity contribution is 5.87. The third-order valence-corrected chi connectivity index (χ3v) is 3.36. The number of rotatable bonds is 5. The van der Waals surface area contributed by atoms with Crippen LogP contribution >= 0.6 is 0 Å². The van der Waals surface area contributed by atoms with Crippen LogP contribution in [0.25, 0.3) is 0 Å². The van der Waals surface area contributed by atoms with Crippen molar-refractivity contribution < 1.29 is 19.5 Å². The standard InChI is InChI=1S/C14H16N2O4/c17-10-16-7-6-15(9-13(18)19)14(20)12(16)8-11-4-2-1-3-5-11/h1-5,10,12H,6-9H2,(H,18,19). The van der Waals surface area contributed by atoms with E-state index in [1.807, 2.05) is 30.3 Å². The van der Waals surface area contributed by atoms with Gasteiger partial charge >= 0.3 is 5.97 Å². The lowest BCUT2D eigenvalue weighted by Crippen LogP contribution is -2.58. The zero-order valence-electron chi connectivity index (χ0n) is 10.9. The van der Waals surface area contributed by atoms with Gasteiger partial charge in [0.2, 0.25) is 12.3 Å². The van der Waals surface area contributed by atoms with Gasteiger partial charge in [-0.2, -0.15) is 0 Å². The number of carboxylic acid groups (broad SMARTS) is 1. The molecular formula is C14H16N2O4. The molecule has 2 rings (SSSR count). The molecule has 1 heterocycles. The Morgan fingerprint density at radius 2 is 2.00 bits per heavy atom. The smallest absolute Gasteiger partial charge is 0.323 e. The zero-order chi connectivity index (χ0) is 14.5. The van der Waals surface area contributed by atoms with Crippen molar-refractivity contribution in [1.29, 1.82) is 0 Å². The Bertz CT molecular complexity index is 503. The van der Waals surface area contributed by atoms with Crippen LogP contribution in [0.1, 0.15) is 5.56 Å². The van der Waals surface area contributed by atoms with Gasteiger partial charge < -0.3 is 14.9 Å². The Balaban J connectivity index is 2.14. The molecule has 0 saturated carbocycles. The zero-order valence-corrected chi connectivity index (χ0v) is 10.9. The average molecular weight is 276 g/mol. The van der Waals surface area contributed by atoms with E-state index < -0.39 is 12.0 Å². The maximum Gasteiger partial charge on any atom is 0.323 e. The summed E-state index contributed by atoms with van der Waals surface area (Å²) in [5.41, 5.74) is 0.940. The monoisotopic (exact) mass is 276 g/mol. The number of aliphatic carboxylic acids is 1. The largest absolute Gasteiger partial charge is 0.480 e. The Morgan fingerprint density at radius 1 is 1.30 bits per heavy atom. The normalized spacial score (nSPS) is 19.0. The van der Waals surface area contributed by atoms with Crippen molar-refractivity contribution in [3.63, 3.8) is 0 Å². The molecule has 1 fully saturated rings. The molecule has 1 unspecified atom stereocenters. The van der Waals surface area contributed by atoms with Crippen LogP contribution in [0.3, 0.4) is 0 Å². The second kappa shape index (κ2) is 6.18.